The van der Waals surface area contributed by atoms with Gasteiger partial charge in [0.1, 0.15) is 0 Å². The van der Waals surface area contributed by atoms with Crippen LogP contribution in [0.15, 0.2) is 188 Å². The number of fused-ring (bicyclic) bond motifs is 6. The minimum atomic E-state index is 1.11. The van der Waals surface area contributed by atoms with Crippen LogP contribution in [0.3, 0.4) is 0 Å². The van der Waals surface area contributed by atoms with Crippen molar-refractivity contribution in [3.05, 3.63) is 188 Å². The molecule has 47 heavy (non-hydrogen) atoms. The molecule has 0 bridgehead atoms. The Morgan fingerprint density at radius 2 is 0.787 bits per heavy atom. The highest BCUT2D eigenvalue weighted by molar-refractivity contribution is 6.09. The summed E-state index contributed by atoms with van der Waals surface area (Å²) in [4.78, 5) is 2.40. The SMILES string of the molecule is c1ccc(-c2ccccc2N(c2ccc(-c3ccc4c(ccc5ccccc54)c3)cc2)c2ccc3c(ccc4ccccc43)c2)cc1. The fourth-order valence-corrected chi connectivity index (χ4v) is 7.09. The molecule has 0 atom stereocenters. The van der Waals surface area contributed by atoms with E-state index in [1.807, 2.05) is 0 Å². The molecule has 0 saturated heterocycles. The maximum absolute atomic E-state index is 2.40. The van der Waals surface area contributed by atoms with Crippen LogP contribution in [0.5, 0.6) is 0 Å². The summed E-state index contributed by atoms with van der Waals surface area (Å²) in [5.74, 6) is 0. The zero-order chi connectivity index (χ0) is 31.2. The summed E-state index contributed by atoms with van der Waals surface area (Å²) in [7, 11) is 0. The molecule has 9 aromatic rings. The molecule has 0 fully saturated rings. The van der Waals surface area contributed by atoms with E-state index in [4.69, 9.17) is 0 Å². The molecule has 9 rings (SSSR count). The van der Waals surface area contributed by atoms with Crippen LogP contribution >= 0.6 is 0 Å². The second kappa shape index (κ2) is 11.3. The minimum Gasteiger partial charge on any atom is -0.310 e. The predicted molar refractivity (Wildman–Crippen MR) is 202 cm³/mol. The van der Waals surface area contributed by atoms with E-state index in [9.17, 15) is 0 Å². The van der Waals surface area contributed by atoms with Gasteiger partial charge in [0.25, 0.3) is 0 Å². The predicted octanol–water partition coefficient (Wildman–Crippen LogP) is 13.1. The molecule has 0 radical (unpaired) electrons. The van der Waals surface area contributed by atoms with Crippen molar-refractivity contribution in [3.8, 4) is 22.3 Å². The molecule has 0 aromatic heterocycles. The smallest absolute Gasteiger partial charge is 0.0540 e. The summed E-state index contributed by atoms with van der Waals surface area (Å²) in [5.41, 5.74) is 8.19. The first-order chi connectivity index (χ1) is 23.3. The Morgan fingerprint density at radius 1 is 0.277 bits per heavy atom. The zero-order valence-corrected chi connectivity index (χ0v) is 25.8. The average molecular weight is 598 g/mol. The van der Waals surface area contributed by atoms with Crippen molar-refractivity contribution in [1.29, 1.82) is 0 Å². The highest BCUT2D eigenvalue weighted by atomic mass is 15.1. The van der Waals surface area contributed by atoms with Gasteiger partial charge in [0.2, 0.25) is 0 Å². The monoisotopic (exact) mass is 597 g/mol. The van der Waals surface area contributed by atoms with Crippen molar-refractivity contribution in [2.24, 2.45) is 0 Å². The van der Waals surface area contributed by atoms with Gasteiger partial charge in [-0.2, -0.15) is 0 Å². The Kier molecular flexibility index (Phi) is 6.54. The van der Waals surface area contributed by atoms with E-state index in [0.29, 0.717) is 0 Å². The summed E-state index contributed by atoms with van der Waals surface area (Å²) in [5, 5.41) is 10.1. The summed E-state index contributed by atoms with van der Waals surface area (Å²) in [6, 6.07) is 68.3. The topological polar surface area (TPSA) is 3.24 Å². The van der Waals surface area contributed by atoms with Crippen LogP contribution in [0.2, 0.25) is 0 Å². The van der Waals surface area contributed by atoms with Gasteiger partial charge in [0.15, 0.2) is 0 Å². The molecule has 0 aliphatic heterocycles. The Hall–Kier alpha value is -6.18. The number of para-hydroxylation sites is 1. The largest absolute Gasteiger partial charge is 0.310 e. The van der Waals surface area contributed by atoms with Crippen molar-refractivity contribution >= 4 is 60.2 Å². The van der Waals surface area contributed by atoms with Gasteiger partial charge < -0.3 is 4.90 Å². The number of hydrogen-bond acceptors (Lipinski definition) is 1. The molecule has 220 valence electrons. The molecule has 0 unspecified atom stereocenters. The molecular weight excluding hydrogens is 567 g/mol. The van der Waals surface area contributed by atoms with Crippen LogP contribution in [0.4, 0.5) is 17.1 Å². The van der Waals surface area contributed by atoms with Gasteiger partial charge in [0, 0.05) is 16.9 Å². The average Bonchev–Trinajstić information content (AvgIpc) is 3.15. The highest BCUT2D eigenvalue weighted by Crippen LogP contribution is 2.42. The number of benzene rings is 9. The lowest BCUT2D eigenvalue weighted by Crippen LogP contribution is -2.11. The second-order valence-corrected chi connectivity index (χ2v) is 12.2. The van der Waals surface area contributed by atoms with Gasteiger partial charge in [-0.25, -0.2) is 0 Å². The van der Waals surface area contributed by atoms with E-state index in [1.54, 1.807) is 0 Å². The van der Waals surface area contributed by atoms with Crippen molar-refractivity contribution < 1.29 is 0 Å². The minimum absolute atomic E-state index is 1.11. The van der Waals surface area contributed by atoms with E-state index < -0.39 is 0 Å². The number of nitrogens with zero attached hydrogens (tertiary/aromatic N) is 1. The number of anilines is 3. The molecule has 0 saturated carbocycles. The Labute approximate surface area is 274 Å². The van der Waals surface area contributed by atoms with E-state index >= 15 is 0 Å². The highest BCUT2D eigenvalue weighted by Gasteiger charge is 2.18. The van der Waals surface area contributed by atoms with Crippen LogP contribution in [-0.4, -0.2) is 0 Å². The summed E-state index contributed by atoms with van der Waals surface area (Å²) in [6.07, 6.45) is 0. The van der Waals surface area contributed by atoms with Crippen molar-refractivity contribution in [1.82, 2.24) is 0 Å². The van der Waals surface area contributed by atoms with E-state index in [1.165, 1.54) is 65.3 Å². The van der Waals surface area contributed by atoms with Gasteiger partial charge in [-0.05, 0) is 96.2 Å². The Morgan fingerprint density at radius 3 is 1.51 bits per heavy atom. The van der Waals surface area contributed by atoms with E-state index in [-0.39, 0.29) is 0 Å². The lowest BCUT2D eigenvalue weighted by atomic mass is 9.97. The van der Waals surface area contributed by atoms with Gasteiger partial charge >= 0.3 is 0 Å². The van der Waals surface area contributed by atoms with Crippen molar-refractivity contribution in [2.45, 2.75) is 0 Å². The fourth-order valence-electron chi connectivity index (χ4n) is 7.09. The van der Waals surface area contributed by atoms with Gasteiger partial charge in [0.05, 0.1) is 5.69 Å². The van der Waals surface area contributed by atoms with Crippen LogP contribution in [0.1, 0.15) is 0 Å². The first kappa shape index (κ1) is 27.2. The molecule has 0 aliphatic rings. The first-order valence-corrected chi connectivity index (χ1v) is 16.2. The maximum Gasteiger partial charge on any atom is 0.0540 e. The molecular formula is C46H31N. The van der Waals surface area contributed by atoms with E-state index in [0.717, 1.165) is 17.1 Å². The van der Waals surface area contributed by atoms with Crippen LogP contribution < -0.4 is 4.90 Å². The molecule has 0 N–H and O–H groups in total. The molecule has 9 aromatic carbocycles. The van der Waals surface area contributed by atoms with Crippen molar-refractivity contribution in [2.75, 3.05) is 4.90 Å². The second-order valence-electron chi connectivity index (χ2n) is 12.2. The summed E-state index contributed by atoms with van der Waals surface area (Å²) >= 11 is 0. The third-order valence-corrected chi connectivity index (χ3v) is 9.42. The standard InChI is InChI=1S/C46H31N/c1-2-10-33(11-3-1)45-16-8-9-17-46(45)47(40-27-29-44-38(31-40)21-19-35-13-5-7-15-42(35)44)39-25-22-32(23-26-39)36-24-28-43-37(30-36)20-18-34-12-4-6-14-41(34)43/h1-31H. The Balaban J connectivity index is 1.18. The third kappa shape index (κ3) is 4.81. The van der Waals surface area contributed by atoms with Gasteiger partial charge in [-0.1, -0.05) is 152 Å². The van der Waals surface area contributed by atoms with Gasteiger partial charge in [-0.3, -0.25) is 0 Å². The first-order valence-electron chi connectivity index (χ1n) is 16.2. The lowest BCUT2D eigenvalue weighted by molar-refractivity contribution is 1.29. The van der Waals surface area contributed by atoms with Crippen LogP contribution in [0, 0.1) is 0 Å². The molecule has 0 spiro atoms. The number of rotatable bonds is 5. The summed E-state index contributed by atoms with van der Waals surface area (Å²) < 4.78 is 0. The quantitative estimate of drug-likeness (QED) is 0.178. The normalized spacial score (nSPS) is 11.4. The molecule has 1 heteroatoms. The number of hydrogen-bond donors (Lipinski definition) is 0. The fraction of sp³-hybridized carbons (Fsp3) is 0. The molecule has 1 nitrogen and oxygen atoms in total. The maximum atomic E-state index is 2.40. The third-order valence-electron chi connectivity index (χ3n) is 9.42. The van der Waals surface area contributed by atoms with E-state index in [2.05, 4.69) is 193 Å². The zero-order valence-electron chi connectivity index (χ0n) is 25.8. The lowest BCUT2D eigenvalue weighted by Gasteiger charge is -2.28. The summed E-state index contributed by atoms with van der Waals surface area (Å²) in [6.45, 7) is 0. The molecule has 0 amide bonds. The Bertz CT molecular complexity index is 2560. The molecule has 0 aliphatic carbocycles. The van der Waals surface area contributed by atoms with Crippen molar-refractivity contribution in [3.63, 3.8) is 0 Å². The van der Waals surface area contributed by atoms with Crippen LogP contribution in [0.25, 0.3) is 65.3 Å². The van der Waals surface area contributed by atoms with Gasteiger partial charge in [-0.15, -0.1) is 0 Å². The molecule has 0 heterocycles. The van der Waals surface area contributed by atoms with Crippen LogP contribution in [-0.2, 0) is 0 Å².